The Labute approximate surface area is 214 Å². The van der Waals surface area contributed by atoms with Crippen LogP contribution in [0.3, 0.4) is 0 Å². The third-order valence-corrected chi connectivity index (χ3v) is 6.37. The summed E-state index contributed by atoms with van der Waals surface area (Å²) in [5.74, 6) is -8.38. The lowest BCUT2D eigenvalue weighted by molar-refractivity contribution is -0.506. The molecule has 0 bridgehead atoms. The van der Waals surface area contributed by atoms with Crippen LogP contribution in [-0.4, -0.2) is 95.0 Å². The highest BCUT2D eigenvalue weighted by Crippen LogP contribution is 2.44. The van der Waals surface area contributed by atoms with Crippen molar-refractivity contribution < 1.29 is 54.1 Å². The van der Waals surface area contributed by atoms with Gasteiger partial charge >= 0.3 is 17.9 Å². The largest absolute Gasteiger partial charge is 0.480 e. The summed E-state index contributed by atoms with van der Waals surface area (Å²) in [7, 11) is 0. The van der Waals surface area contributed by atoms with E-state index < -0.39 is 104 Å². The van der Waals surface area contributed by atoms with Crippen LogP contribution >= 0.6 is 11.8 Å². The molecule has 2 atom stereocenters. The minimum absolute atomic E-state index is 0.102. The molecule has 38 heavy (non-hydrogen) atoms. The van der Waals surface area contributed by atoms with Crippen LogP contribution in [0.15, 0.2) is 23.5 Å². The van der Waals surface area contributed by atoms with E-state index in [1.807, 2.05) is 5.32 Å². The van der Waals surface area contributed by atoms with Crippen LogP contribution in [0.1, 0.15) is 12.8 Å². The van der Waals surface area contributed by atoms with E-state index in [1.54, 1.807) is 0 Å². The molecular weight excluding hydrogens is 544 g/mol. The molecular formula is C17H20N6O14S. The first-order valence-corrected chi connectivity index (χ1v) is 11.0. The van der Waals surface area contributed by atoms with Crippen LogP contribution in [0.4, 0.5) is 0 Å². The van der Waals surface area contributed by atoms with Crippen LogP contribution in [-0.2, 0) is 24.0 Å². The van der Waals surface area contributed by atoms with Gasteiger partial charge in [-0.2, -0.15) is 0 Å². The molecule has 0 saturated carbocycles. The highest BCUT2D eigenvalue weighted by Gasteiger charge is 2.63. The van der Waals surface area contributed by atoms with E-state index in [1.165, 1.54) is 0 Å². The van der Waals surface area contributed by atoms with Gasteiger partial charge in [-0.3, -0.25) is 49.5 Å². The summed E-state index contributed by atoms with van der Waals surface area (Å²) in [5.41, 5.74) is 2.35. The number of hydrogen-bond acceptors (Lipinski definition) is 13. The van der Waals surface area contributed by atoms with Crippen molar-refractivity contribution in [1.82, 2.24) is 10.6 Å². The van der Waals surface area contributed by atoms with E-state index >= 15 is 0 Å². The van der Waals surface area contributed by atoms with Gasteiger partial charge in [0.15, 0.2) is 0 Å². The Morgan fingerprint density at radius 1 is 1.03 bits per heavy atom. The number of carbonyl (C=O) groups is 5. The van der Waals surface area contributed by atoms with Crippen molar-refractivity contribution in [3.63, 3.8) is 0 Å². The SMILES string of the molecule is NC(CCC(=O)NC(CSC1(C(=O)O)C([N+](=O)[O-])=CC([N+](=O)[O-])C=C1[N+](=O)[O-])C(=O)NCC(=O)O)C(=O)O. The smallest absolute Gasteiger partial charge is 0.342 e. The van der Waals surface area contributed by atoms with Gasteiger partial charge < -0.3 is 31.7 Å². The van der Waals surface area contributed by atoms with Gasteiger partial charge in [-0.25, -0.2) is 4.79 Å². The molecule has 1 rings (SSSR count). The number of carboxylic acids is 3. The highest BCUT2D eigenvalue weighted by atomic mass is 32.2. The van der Waals surface area contributed by atoms with Crippen LogP contribution in [0, 0.1) is 30.3 Å². The average molecular weight is 564 g/mol. The minimum Gasteiger partial charge on any atom is -0.480 e. The Kier molecular flexibility index (Phi) is 10.8. The van der Waals surface area contributed by atoms with E-state index in [4.69, 9.17) is 15.9 Å². The molecule has 7 N–H and O–H groups in total. The molecule has 0 heterocycles. The second kappa shape index (κ2) is 13.0. The normalized spacial score (nSPS) is 20.1. The van der Waals surface area contributed by atoms with E-state index in [-0.39, 0.29) is 23.9 Å². The van der Waals surface area contributed by atoms with E-state index in [9.17, 15) is 59.4 Å². The Morgan fingerprint density at radius 3 is 1.95 bits per heavy atom. The predicted octanol–water partition coefficient (Wildman–Crippen LogP) is -2.60. The fraction of sp³-hybridized carbons (Fsp3) is 0.471. The molecule has 2 amide bonds. The quantitative estimate of drug-likeness (QED) is 0.0876. The van der Waals surface area contributed by atoms with E-state index in [0.717, 1.165) is 0 Å². The maximum atomic E-state index is 12.5. The number of carbonyl (C=O) groups excluding carboxylic acids is 2. The molecule has 2 unspecified atom stereocenters. The zero-order valence-corrected chi connectivity index (χ0v) is 19.7. The van der Waals surface area contributed by atoms with E-state index in [0.29, 0.717) is 0 Å². The number of nitrogens with one attached hydrogen (secondary N) is 2. The van der Waals surface area contributed by atoms with Gasteiger partial charge in [-0.1, -0.05) is 0 Å². The second-order valence-corrected chi connectivity index (χ2v) is 8.64. The van der Waals surface area contributed by atoms with Crippen molar-refractivity contribution >= 4 is 41.5 Å². The maximum Gasteiger partial charge on any atom is 0.342 e. The Bertz CT molecular complexity index is 1090. The summed E-state index contributed by atoms with van der Waals surface area (Å²) in [4.78, 5) is 89.1. The van der Waals surface area contributed by atoms with Crippen LogP contribution in [0.5, 0.6) is 0 Å². The van der Waals surface area contributed by atoms with Gasteiger partial charge in [0, 0.05) is 17.1 Å². The molecule has 0 saturated heterocycles. The zero-order chi connectivity index (χ0) is 29.4. The maximum absolute atomic E-state index is 12.5. The van der Waals surface area contributed by atoms with Crippen molar-refractivity contribution in [2.24, 2.45) is 5.73 Å². The number of nitrogens with zero attached hydrogens (tertiary/aromatic N) is 3. The number of amides is 2. The molecule has 0 aliphatic heterocycles. The summed E-state index contributed by atoms with van der Waals surface area (Å²) in [6, 6.07) is -5.45. The third kappa shape index (κ3) is 7.67. The molecule has 20 nitrogen and oxygen atoms in total. The monoisotopic (exact) mass is 564 g/mol. The van der Waals surface area contributed by atoms with Gasteiger partial charge in [-0.15, -0.1) is 11.8 Å². The Hall–Kier alpha value is -4.66. The number of aliphatic carboxylic acids is 3. The van der Waals surface area contributed by atoms with Crippen molar-refractivity contribution in [2.45, 2.75) is 35.7 Å². The Morgan fingerprint density at radius 2 is 1.55 bits per heavy atom. The lowest BCUT2D eigenvalue weighted by atomic mass is 9.92. The number of thioether (sulfide) groups is 1. The molecule has 0 aromatic rings. The first-order valence-electron chi connectivity index (χ1n) is 10.1. The minimum atomic E-state index is -3.19. The molecule has 208 valence electrons. The molecule has 0 fully saturated rings. The first-order chi connectivity index (χ1) is 17.5. The molecule has 0 aromatic carbocycles. The summed E-state index contributed by atoms with van der Waals surface area (Å²) in [6.45, 7) is -0.978. The molecule has 0 spiro atoms. The van der Waals surface area contributed by atoms with Crippen molar-refractivity contribution in [3.05, 3.63) is 53.9 Å². The number of hydrogen-bond donors (Lipinski definition) is 6. The number of nitrogens with two attached hydrogens (primary N) is 1. The van der Waals surface area contributed by atoms with Gasteiger partial charge in [0.1, 0.15) is 18.6 Å². The molecule has 1 aliphatic rings. The number of rotatable bonds is 15. The molecule has 21 heteroatoms. The Balaban J connectivity index is 3.42. The summed E-state index contributed by atoms with van der Waals surface area (Å²) >= 11 is -0.102. The second-order valence-electron chi connectivity index (χ2n) is 7.41. The van der Waals surface area contributed by atoms with E-state index in [2.05, 4.69) is 5.32 Å². The van der Waals surface area contributed by atoms with Crippen molar-refractivity contribution in [3.8, 4) is 0 Å². The predicted molar refractivity (Wildman–Crippen MR) is 121 cm³/mol. The summed E-state index contributed by atoms with van der Waals surface area (Å²) in [6.07, 6.45) is -0.434. The van der Waals surface area contributed by atoms with Gasteiger partial charge in [0.25, 0.3) is 22.2 Å². The first kappa shape index (κ1) is 31.4. The van der Waals surface area contributed by atoms with Crippen molar-refractivity contribution in [1.29, 1.82) is 0 Å². The lowest BCUT2D eigenvalue weighted by Gasteiger charge is -2.27. The molecule has 1 aliphatic carbocycles. The lowest BCUT2D eigenvalue weighted by Crippen LogP contribution is -2.52. The zero-order valence-electron chi connectivity index (χ0n) is 18.9. The van der Waals surface area contributed by atoms with Crippen LogP contribution in [0.25, 0.3) is 0 Å². The fourth-order valence-corrected chi connectivity index (χ4v) is 4.38. The number of carboxylic acid groups (broad SMARTS) is 3. The number of nitro groups is 3. The van der Waals surface area contributed by atoms with Gasteiger partial charge in [0.2, 0.25) is 11.8 Å². The molecule has 0 radical (unpaired) electrons. The fourth-order valence-electron chi connectivity index (χ4n) is 3.02. The van der Waals surface area contributed by atoms with Crippen LogP contribution < -0.4 is 16.4 Å². The van der Waals surface area contributed by atoms with Crippen LogP contribution in [0.2, 0.25) is 0 Å². The average Bonchev–Trinajstić information content (AvgIpc) is 2.82. The van der Waals surface area contributed by atoms with Gasteiger partial charge in [-0.05, 0) is 6.42 Å². The standard InChI is InChI=1S/C17H20N6O14S/c18-8(15(28)29)1-2-12(24)20-9(14(27)19-5-13(25)26)6-38-17(16(30)31)10(22(34)35)3-7(21(32)33)4-11(17)23(36)37/h3-4,7-9H,1-2,5-6,18H2,(H,19,27)(H,20,24)(H,25,26)(H,28,29)(H,30,31). The molecule has 0 aromatic heterocycles. The third-order valence-electron chi connectivity index (χ3n) is 4.85. The topological polar surface area (TPSA) is 326 Å². The summed E-state index contributed by atoms with van der Waals surface area (Å²) < 4.78 is -3.19. The van der Waals surface area contributed by atoms with Gasteiger partial charge in [0.05, 0.1) is 22.0 Å². The summed E-state index contributed by atoms with van der Waals surface area (Å²) in [5, 5.41) is 65.8. The van der Waals surface area contributed by atoms with Crippen molar-refractivity contribution in [2.75, 3.05) is 12.3 Å². The highest BCUT2D eigenvalue weighted by molar-refractivity contribution is 8.01.